The number of aliphatic hydroxyl groups is 2. The summed E-state index contributed by atoms with van der Waals surface area (Å²) in [7, 11) is 3.03. The molecule has 1 unspecified atom stereocenters. The van der Waals surface area contributed by atoms with Crippen molar-refractivity contribution in [2.45, 2.75) is 103 Å². The Labute approximate surface area is 390 Å². The zero-order valence-electron chi connectivity index (χ0n) is 39.4. The molecular weight excluding hydrogens is 859 g/mol. The van der Waals surface area contributed by atoms with Gasteiger partial charge >= 0.3 is 5.97 Å². The summed E-state index contributed by atoms with van der Waals surface area (Å²) < 4.78 is 13.6. The van der Waals surface area contributed by atoms with Crippen LogP contribution in [0.5, 0.6) is 5.75 Å². The van der Waals surface area contributed by atoms with Crippen molar-refractivity contribution in [3.63, 3.8) is 0 Å². The molecule has 6 bridgehead atoms. The lowest BCUT2D eigenvalue weighted by Crippen LogP contribution is -2.67. The van der Waals surface area contributed by atoms with E-state index in [1.807, 2.05) is 38.2 Å². The van der Waals surface area contributed by atoms with Crippen LogP contribution >= 0.6 is 0 Å². The van der Waals surface area contributed by atoms with E-state index in [2.05, 4.69) is 45.9 Å². The van der Waals surface area contributed by atoms with Gasteiger partial charge in [-0.25, -0.2) is 4.79 Å². The molecule has 7 rings (SSSR count). The predicted molar refractivity (Wildman–Crippen MR) is 250 cm³/mol. The first-order valence-electron chi connectivity index (χ1n) is 22.8. The van der Waals surface area contributed by atoms with Gasteiger partial charge in [0.2, 0.25) is 17.5 Å². The number of hydrogen-bond acceptors (Lipinski definition) is 12. The highest BCUT2D eigenvalue weighted by Crippen LogP contribution is 2.41. The Kier molecular flexibility index (Phi) is 14.0. The molecule has 4 aromatic rings. The molecule has 0 aliphatic carbocycles. The third kappa shape index (κ3) is 9.96. The number of benzene rings is 2. The molecule has 67 heavy (non-hydrogen) atoms. The van der Waals surface area contributed by atoms with Crippen molar-refractivity contribution in [2.75, 3.05) is 40.4 Å². The number of phenols is 1. The normalized spacial score (nSPS) is 22.6. The van der Waals surface area contributed by atoms with E-state index in [1.165, 1.54) is 18.0 Å². The van der Waals surface area contributed by atoms with Crippen molar-refractivity contribution in [2.24, 2.45) is 11.3 Å². The molecule has 2 saturated heterocycles. The van der Waals surface area contributed by atoms with Crippen LogP contribution in [0.15, 0.2) is 67.5 Å². The minimum atomic E-state index is -2.29. The van der Waals surface area contributed by atoms with Crippen LogP contribution in [-0.2, 0) is 59.4 Å². The van der Waals surface area contributed by atoms with Gasteiger partial charge in [0.15, 0.2) is 5.60 Å². The van der Waals surface area contributed by atoms with E-state index in [-0.39, 0.29) is 57.7 Å². The van der Waals surface area contributed by atoms with E-state index in [1.54, 1.807) is 33.2 Å². The van der Waals surface area contributed by atoms with Gasteiger partial charge in [0.05, 0.1) is 25.5 Å². The summed E-state index contributed by atoms with van der Waals surface area (Å²) in [5.41, 5.74) is 4.35. The second-order valence-electron chi connectivity index (χ2n) is 19.3. The van der Waals surface area contributed by atoms with E-state index >= 15 is 0 Å². The maximum atomic E-state index is 14.7. The standard InChI is InChI=1S/C50H63N7O10/c1-9-41(59)55-17-15-49(64,28-55)46(62)54(7)42(30(3)4)44(60)52-39-21-31-18-34(22-36(58)20-31)33-12-13-40-37(23-33)38(43(56(40)10-2)35-19-32(27-66-8)25-51-26-35)24-48(5,6)29-67-47(63)50(65)14-11-16-57(53-50)45(39)61/h9,12-13,18-20,22-23,25-26,30,39,42,53,58,64-65H,1,10-11,14-17,21,24,27-29H2,2-8H3,(H,52,60)/t39-,42-,49?,50-/m0/s1. The van der Waals surface area contributed by atoms with Crippen LogP contribution in [0, 0.1) is 11.3 Å². The van der Waals surface area contributed by atoms with Gasteiger partial charge in [-0.05, 0) is 89.9 Å². The lowest BCUT2D eigenvalue weighted by Gasteiger charge is -2.40. The molecule has 17 nitrogen and oxygen atoms in total. The Morgan fingerprint density at radius 1 is 1.06 bits per heavy atom. The number of nitrogens with zero attached hydrogens (tertiary/aromatic N) is 5. The molecule has 4 amide bonds. The van der Waals surface area contributed by atoms with Crippen LogP contribution in [0.3, 0.4) is 0 Å². The number of nitrogens with one attached hydrogen (secondary N) is 2. The highest BCUT2D eigenvalue weighted by Gasteiger charge is 2.49. The fourth-order valence-electron chi connectivity index (χ4n) is 9.86. The number of hydrogen-bond donors (Lipinski definition) is 5. The number of cyclic esters (lactones) is 1. The summed E-state index contributed by atoms with van der Waals surface area (Å²) in [5, 5.41) is 39.5. The fourth-order valence-corrected chi connectivity index (χ4v) is 9.86. The average molecular weight is 922 g/mol. The lowest BCUT2D eigenvalue weighted by atomic mass is 9.84. The van der Waals surface area contributed by atoms with Crippen LogP contribution < -0.4 is 10.7 Å². The number of amides is 4. The number of fused-ring (bicyclic) bond motifs is 6. The number of esters is 1. The van der Waals surface area contributed by atoms with E-state index < -0.39 is 64.3 Å². The minimum absolute atomic E-state index is 0.0489. The quantitative estimate of drug-likeness (QED) is 0.113. The maximum Gasteiger partial charge on any atom is 0.355 e. The van der Waals surface area contributed by atoms with Crippen LogP contribution in [0.4, 0.5) is 0 Å². The van der Waals surface area contributed by atoms with Crippen molar-refractivity contribution in [1.82, 2.24) is 35.1 Å². The molecule has 0 spiro atoms. The summed E-state index contributed by atoms with van der Waals surface area (Å²) in [6.07, 6.45) is 5.08. The number of rotatable bonds is 10. The number of β-amino-alcohol motifs (C(OH)–C–C–N with tert-alkyl or cyclic N) is 1. The van der Waals surface area contributed by atoms with Gasteiger partial charge in [-0.3, -0.25) is 29.2 Å². The number of carbonyl (C=O) groups is 5. The molecule has 3 aliphatic rings. The maximum absolute atomic E-state index is 14.7. The molecule has 0 radical (unpaired) electrons. The Bertz CT molecular complexity index is 2590. The molecule has 5 heterocycles. The van der Waals surface area contributed by atoms with E-state index in [9.17, 15) is 39.3 Å². The topological polar surface area (TPSA) is 216 Å². The van der Waals surface area contributed by atoms with E-state index in [0.717, 1.165) is 54.8 Å². The second kappa shape index (κ2) is 19.2. The largest absolute Gasteiger partial charge is 0.508 e. The number of methoxy groups -OCH3 is 1. The molecule has 2 aromatic carbocycles. The van der Waals surface area contributed by atoms with Gasteiger partial charge in [0, 0.05) is 87.3 Å². The van der Waals surface area contributed by atoms with Gasteiger partial charge < -0.3 is 44.5 Å². The predicted octanol–water partition coefficient (Wildman–Crippen LogP) is 3.84. The summed E-state index contributed by atoms with van der Waals surface area (Å²) in [4.78, 5) is 76.5. The molecule has 3 aliphatic heterocycles. The highest BCUT2D eigenvalue weighted by atomic mass is 16.6. The first-order valence-corrected chi connectivity index (χ1v) is 22.8. The van der Waals surface area contributed by atoms with Crippen LogP contribution in [0.1, 0.15) is 70.6 Å². The van der Waals surface area contributed by atoms with Gasteiger partial charge in [-0.1, -0.05) is 46.4 Å². The number of likely N-dealkylation sites (N-methyl/N-ethyl adjacent to an activating group) is 1. The summed E-state index contributed by atoms with van der Waals surface area (Å²) >= 11 is 0. The average Bonchev–Trinajstić information content (AvgIpc) is 3.84. The van der Waals surface area contributed by atoms with Crippen molar-refractivity contribution in [1.29, 1.82) is 0 Å². The third-order valence-corrected chi connectivity index (χ3v) is 13.1. The van der Waals surface area contributed by atoms with Gasteiger partial charge in [-0.2, -0.15) is 5.43 Å². The number of aromatic nitrogens is 2. The van der Waals surface area contributed by atoms with Crippen LogP contribution in [-0.4, -0.2) is 133 Å². The summed E-state index contributed by atoms with van der Waals surface area (Å²) in [6.45, 7) is 13.8. The monoisotopic (exact) mass is 921 g/mol. The molecule has 5 N–H and O–H groups in total. The fraction of sp³-hybridized carbons (Fsp3) is 0.480. The number of likely N-dealkylation sites (tertiary alicyclic amines) is 1. The lowest BCUT2D eigenvalue weighted by molar-refractivity contribution is -0.189. The van der Waals surface area contributed by atoms with Crippen LogP contribution in [0.2, 0.25) is 0 Å². The summed E-state index contributed by atoms with van der Waals surface area (Å²) in [5.74, 6) is -4.18. The Balaban J connectivity index is 1.31. The highest BCUT2D eigenvalue weighted by molar-refractivity contribution is 5.97. The number of ether oxygens (including phenoxy) is 2. The Hall–Kier alpha value is -6.14. The Morgan fingerprint density at radius 3 is 2.52 bits per heavy atom. The molecule has 0 saturated carbocycles. The third-order valence-electron chi connectivity index (χ3n) is 13.1. The molecule has 2 aromatic heterocycles. The summed E-state index contributed by atoms with van der Waals surface area (Å²) in [6, 6.07) is 10.6. The van der Waals surface area contributed by atoms with E-state index in [0.29, 0.717) is 30.7 Å². The Morgan fingerprint density at radius 2 is 1.82 bits per heavy atom. The molecule has 358 valence electrons. The number of phenolic OH excluding ortho intramolecular Hbond substituents is 1. The number of aromatic hydroxyl groups is 1. The van der Waals surface area contributed by atoms with Crippen molar-refractivity contribution in [3.05, 3.63) is 84.2 Å². The molecule has 2 fully saturated rings. The number of carbonyl (C=O) groups excluding carboxylic acids is 5. The number of aryl methyl sites for hydroxylation is 1. The first kappa shape index (κ1) is 48.8. The van der Waals surface area contributed by atoms with Gasteiger partial charge in [0.25, 0.3) is 11.8 Å². The SMILES string of the molecule is C=CC(=O)N1CCC(O)(C(=O)N(C)[C@H](C(=O)N[C@H]2Cc3cc(O)cc(c3)-c3ccc4c(c3)c(c(-c3cncc(COC)c3)n4CC)CC(C)(C)COC(=O)[C@@]3(O)CCCN(N3)C2=O)C(C)C)C1. The van der Waals surface area contributed by atoms with Crippen LogP contribution in [0.25, 0.3) is 33.3 Å². The second-order valence-corrected chi connectivity index (χ2v) is 19.3. The number of hydrazine groups is 1. The minimum Gasteiger partial charge on any atom is -0.508 e. The first-order chi connectivity index (χ1) is 31.7. The molecular formula is C50H63N7O10. The molecule has 17 heteroatoms. The van der Waals surface area contributed by atoms with Gasteiger partial charge in [0.1, 0.15) is 17.8 Å². The van der Waals surface area contributed by atoms with Crippen molar-refractivity contribution in [3.8, 4) is 28.1 Å². The smallest absolute Gasteiger partial charge is 0.355 e. The number of pyridine rings is 1. The van der Waals surface area contributed by atoms with E-state index in [4.69, 9.17) is 9.47 Å². The van der Waals surface area contributed by atoms with Crippen molar-refractivity contribution >= 4 is 40.5 Å². The zero-order chi connectivity index (χ0) is 48.6. The zero-order valence-corrected chi connectivity index (χ0v) is 39.4. The van der Waals surface area contributed by atoms with Gasteiger partial charge in [-0.15, -0.1) is 0 Å². The molecule has 4 atom stereocenters. The van der Waals surface area contributed by atoms with Crippen molar-refractivity contribution < 1.29 is 48.8 Å².